The van der Waals surface area contributed by atoms with Gasteiger partial charge in [-0.25, -0.2) is 4.98 Å². The molecule has 0 aliphatic heterocycles. The third-order valence-electron chi connectivity index (χ3n) is 1.11. The van der Waals surface area contributed by atoms with Gasteiger partial charge < -0.3 is 11.1 Å². The van der Waals surface area contributed by atoms with Gasteiger partial charge in [0.15, 0.2) is 0 Å². The third-order valence-corrected chi connectivity index (χ3v) is 1.11. The van der Waals surface area contributed by atoms with E-state index in [9.17, 15) is 0 Å². The monoisotopic (exact) mass is 125 g/mol. The zero-order chi connectivity index (χ0) is 6.69. The van der Waals surface area contributed by atoms with Crippen molar-refractivity contribution in [2.45, 2.75) is 0 Å². The number of nitrogens with two attached hydrogens (primary N) is 1. The first-order valence-corrected chi connectivity index (χ1v) is 2.73. The largest absolute Gasteiger partial charge is 0.385 e. The average molecular weight is 125 g/mol. The molecule has 0 amide bonds. The molecule has 0 radical (unpaired) electrons. The van der Waals surface area contributed by atoms with Crippen molar-refractivity contribution in [1.82, 2.24) is 4.98 Å². The summed E-state index contributed by atoms with van der Waals surface area (Å²) in [6.07, 6.45) is 1.66. The summed E-state index contributed by atoms with van der Waals surface area (Å²) in [7, 11) is 1.81. The minimum Gasteiger partial charge on any atom is -0.385 e. The Labute approximate surface area is 55.4 Å². The van der Waals surface area contributed by atoms with Crippen molar-refractivity contribution in [2.24, 2.45) is 0 Å². The van der Waals surface area contributed by atoms with Gasteiger partial charge in [0, 0.05) is 14.7 Å². The molecule has 0 saturated heterocycles. The van der Waals surface area contributed by atoms with Crippen LogP contribution in [0.1, 0.15) is 1.43 Å². The van der Waals surface area contributed by atoms with Gasteiger partial charge in [-0.3, -0.25) is 0 Å². The van der Waals surface area contributed by atoms with Crippen molar-refractivity contribution in [1.29, 1.82) is 0 Å². The third kappa shape index (κ3) is 1.10. The topological polar surface area (TPSA) is 50.9 Å². The smallest absolute Gasteiger partial charge is 0.146 e. The fourth-order valence-electron chi connectivity index (χ4n) is 0.629. The zero-order valence-corrected chi connectivity index (χ0v) is 5.26. The molecule has 0 aliphatic rings. The summed E-state index contributed by atoms with van der Waals surface area (Å²) in [6, 6.07) is 3.71. The second-order valence-corrected chi connectivity index (χ2v) is 1.69. The molecule has 3 nitrogen and oxygen atoms in total. The van der Waals surface area contributed by atoms with E-state index < -0.39 is 0 Å². The standard InChI is InChI=1S/C6H9N3.H2/c1-8-5-3-2-4-9-6(5)7;/h2-4,8H,1H3,(H2,7,9);1H. The van der Waals surface area contributed by atoms with Gasteiger partial charge >= 0.3 is 0 Å². The lowest BCUT2D eigenvalue weighted by molar-refractivity contribution is 1.32. The van der Waals surface area contributed by atoms with E-state index >= 15 is 0 Å². The molecule has 0 atom stereocenters. The summed E-state index contributed by atoms with van der Waals surface area (Å²) in [6.45, 7) is 0. The molecule has 1 rings (SSSR count). The molecule has 1 aromatic rings. The van der Waals surface area contributed by atoms with Crippen LogP contribution in [0.15, 0.2) is 18.3 Å². The van der Waals surface area contributed by atoms with Crippen LogP contribution in [-0.4, -0.2) is 12.0 Å². The number of nitrogens with zero attached hydrogens (tertiary/aromatic N) is 1. The van der Waals surface area contributed by atoms with E-state index in [-0.39, 0.29) is 1.43 Å². The minimum atomic E-state index is 0. The van der Waals surface area contributed by atoms with Crippen molar-refractivity contribution in [2.75, 3.05) is 18.1 Å². The lowest BCUT2D eigenvalue weighted by Gasteiger charge is -1.99. The minimum absolute atomic E-state index is 0. The predicted molar refractivity (Wildman–Crippen MR) is 40.3 cm³/mol. The van der Waals surface area contributed by atoms with Crippen molar-refractivity contribution in [3.05, 3.63) is 18.3 Å². The molecule has 9 heavy (non-hydrogen) atoms. The van der Waals surface area contributed by atoms with Crippen LogP contribution in [0.25, 0.3) is 0 Å². The van der Waals surface area contributed by atoms with E-state index in [1.165, 1.54) is 0 Å². The SMILES string of the molecule is CNc1cccnc1N.[HH]. The Morgan fingerprint density at radius 2 is 2.56 bits per heavy atom. The molecule has 3 heteroatoms. The van der Waals surface area contributed by atoms with E-state index in [2.05, 4.69) is 10.3 Å². The van der Waals surface area contributed by atoms with Gasteiger partial charge in [-0.15, -0.1) is 0 Å². The molecule has 0 aliphatic carbocycles. The van der Waals surface area contributed by atoms with Gasteiger partial charge in [-0.1, -0.05) is 0 Å². The summed E-state index contributed by atoms with van der Waals surface area (Å²) >= 11 is 0. The summed E-state index contributed by atoms with van der Waals surface area (Å²) < 4.78 is 0. The number of rotatable bonds is 1. The van der Waals surface area contributed by atoms with E-state index in [0.29, 0.717) is 5.82 Å². The lowest BCUT2D eigenvalue weighted by Crippen LogP contribution is -1.96. The predicted octanol–water partition coefficient (Wildman–Crippen LogP) is 0.952. The van der Waals surface area contributed by atoms with Gasteiger partial charge in [0.1, 0.15) is 5.82 Å². The highest BCUT2D eigenvalue weighted by molar-refractivity contribution is 5.60. The average Bonchev–Trinajstić information content (AvgIpc) is 1.89. The first-order valence-electron chi connectivity index (χ1n) is 2.73. The van der Waals surface area contributed by atoms with Gasteiger partial charge in [0.2, 0.25) is 0 Å². The van der Waals surface area contributed by atoms with Gasteiger partial charge in [0.05, 0.1) is 5.69 Å². The Balaban J connectivity index is 0.000000810. The van der Waals surface area contributed by atoms with Crippen LogP contribution < -0.4 is 11.1 Å². The van der Waals surface area contributed by atoms with Crippen LogP contribution in [0.4, 0.5) is 11.5 Å². The summed E-state index contributed by atoms with van der Waals surface area (Å²) in [5.74, 6) is 0.542. The maximum atomic E-state index is 5.46. The lowest BCUT2D eigenvalue weighted by atomic mass is 10.4. The normalized spacial score (nSPS) is 9.00. The number of nitrogens with one attached hydrogen (secondary N) is 1. The maximum Gasteiger partial charge on any atom is 0.146 e. The van der Waals surface area contributed by atoms with E-state index in [1.54, 1.807) is 6.20 Å². The van der Waals surface area contributed by atoms with Gasteiger partial charge in [-0.2, -0.15) is 0 Å². The number of pyridine rings is 1. The number of nitrogen functional groups attached to an aromatic ring is 1. The highest BCUT2D eigenvalue weighted by Crippen LogP contribution is 2.11. The molecule has 0 aromatic carbocycles. The molecule has 0 spiro atoms. The van der Waals surface area contributed by atoms with E-state index in [0.717, 1.165) is 5.69 Å². The van der Waals surface area contributed by atoms with Crippen LogP contribution in [0.5, 0.6) is 0 Å². The number of hydrogen-bond acceptors (Lipinski definition) is 3. The Kier molecular flexibility index (Phi) is 1.53. The Bertz CT molecular complexity index is 202. The Morgan fingerprint density at radius 1 is 1.78 bits per heavy atom. The quantitative estimate of drug-likeness (QED) is 0.587. The number of anilines is 2. The molecule has 0 bridgehead atoms. The molecule has 0 saturated carbocycles. The van der Waals surface area contributed by atoms with Crippen LogP contribution in [-0.2, 0) is 0 Å². The second kappa shape index (κ2) is 2.35. The van der Waals surface area contributed by atoms with Crippen molar-refractivity contribution < 1.29 is 1.43 Å². The van der Waals surface area contributed by atoms with Crippen LogP contribution in [0.3, 0.4) is 0 Å². The fourth-order valence-corrected chi connectivity index (χ4v) is 0.629. The summed E-state index contributed by atoms with van der Waals surface area (Å²) in [5, 5.41) is 2.91. The molecule has 1 aromatic heterocycles. The summed E-state index contributed by atoms with van der Waals surface area (Å²) in [4.78, 5) is 3.87. The zero-order valence-electron chi connectivity index (χ0n) is 5.26. The molecule has 1 heterocycles. The highest BCUT2D eigenvalue weighted by Gasteiger charge is 1.91. The molecule has 0 unspecified atom stereocenters. The van der Waals surface area contributed by atoms with E-state index in [1.807, 2.05) is 19.2 Å². The Hall–Kier alpha value is -1.25. The first-order chi connectivity index (χ1) is 4.34. The second-order valence-electron chi connectivity index (χ2n) is 1.69. The number of hydrogen-bond donors (Lipinski definition) is 2. The van der Waals surface area contributed by atoms with Gasteiger partial charge in [-0.05, 0) is 12.1 Å². The van der Waals surface area contributed by atoms with Crippen molar-refractivity contribution in [3.63, 3.8) is 0 Å². The van der Waals surface area contributed by atoms with Crippen LogP contribution in [0, 0.1) is 0 Å². The van der Waals surface area contributed by atoms with E-state index in [4.69, 9.17) is 5.73 Å². The van der Waals surface area contributed by atoms with Crippen molar-refractivity contribution in [3.8, 4) is 0 Å². The van der Waals surface area contributed by atoms with Crippen molar-refractivity contribution >= 4 is 11.5 Å². The van der Waals surface area contributed by atoms with Gasteiger partial charge in [0.25, 0.3) is 0 Å². The molecule has 0 fully saturated rings. The maximum absolute atomic E-state index is 5.46. The molecule has 3 N–H and O–H groups in total. The first kappa shape index (κ1) is 5.88. The highest BCUT2D eigenvalue weighted by atomic mass is 14.9. The number of aromatic nitrogens is 1. The summed E-state index contributed by atoms with van der Waals surface area (Å²) in [5.41, 5.74) is 6.33. The molecule has 50 valence electrons. The van der Waals surface area contributed by atoms with Crippen LogP contribution >= 0.6 is 0 Å². The fraction of sp³-hybridized carbons (Fsp3) is 0.167. The Morgan fingerprint density at radius 3 is 3.00 bits per heavy atom. The molecular weight excluding hydrogens is 114 g/mol. The molecular formula is C6H11N3. The van der Waals surface area contributed by atoms with Crippen LogP contribution in [0.2, 0.25) is 0 Å².